The van der Waals surface area contributed by atoms with E-state index in [0.29, 0.717) is 23.4 Å². The molecule has 1 aliphatic heterocycles. The maximum absolute atomic E-state index is 12.3. The van der Waals surface area contributed by atoms with E-state index < -0.39 is 0 Å². The zero-order valence-corrected chi connectivity index (χ0v) is 16.9. The molecule has 1 aromatic carbocycles. The summed E-state index contributed by atoms with van der Waals surface area (Å²) in [4.78, 5) is 28.9. The van der Waals surface area contributed by atoms with Crippen LogP contribution in [0.2, 0.25) is 0 Å². The second-order valence-electron chi connectivity index (χ2n) is 8.59. The first-order valence-corrected chi connectivity index (χ1v) is 10.2. The van der Waals surface area contributed by atoms with Gasteiger partial charge < -0.3 is 9.64 Å². The number of ether oxygens (including phenoxy) is 1. The molecule has 0 aromatic heterocycles. The van der Waals surface area contributed by atoms with Gasteiger partial charge in [-0.1, -0.05) is 13.8 Å². The number of benzene rings is 1. The molecule has 1 saturated carbocycles. The summed E-state index contributed by atoms with van der Waals surface area (Å²) in [5.41, 5.74) is 2.02. The van der Waals surface area contributed by atoms with Crippen LogP contribution in [-0.2, 0) is 9.53 Å². The maximum Gasteiger partial charge on any atom is 0.338 e. The molecule has 1 aliphatic carbocycles. The van der Waals surface area contributed by atoms with E-state index in [1.165, 1.54) is 0 Å². The predicted molar refractivity (Wildman–Crippen MR) is 107 cm³/mol. The number of nitrogens with zero attached hydrogens (tertiary/aromatic N) is 2. The molecule has 1 heterocycles. The Balaban J connectivity index is 1.51. The standard InChI is InChI=1S/C22H32N2O3/c1-4-27-21(26)17-5-7-19(8-6-17)24-13-11-23(12-14-24)16-18-15-22(2,3)10-9-20(18)25/h5-8,18H,4,9-16H2,1-3H3. The van der Waals surface area contributed by atoms with E-state index in [0.717, 1.165) is 57.7 Å². The normalized spacial score (nSPS) is 23.3. The van der Waals surface area contributed by atoms with Gasteiger partial charge >= 0.3 is 5.97 Å². The molecule has 0 amide bonds. The van der Waals surface area contributed by atoms with Crippen LogP contribution in [0, 0.1) is 11.3 Å². The lowest BCUT2D eigenvalue weighted by Crippen LogP contribution is -2.49. The van der Waals surface area contributed by atoms with Crippen molar-refractivity contribution < 1.29 is 14.3 Å². The van der Waals surface area contributed by atoms with Gasteiger partial charge in [0, 0.05) is 50.7 Å². The van der Waals surface area contributed by atoms with Gasteiger partial charge in [0.05, 0.1) is 12.2 Å². The number of hydrogen-bond acceptors (Lipinski definition) is 5. The van der Waals surface area contributed by atoms with Crippen LogP contribution in [0.5, 0.6) is 0 Å². The van der Waals surface area contributed by atoms with Gasteiger partial charge in [-0.05, 0) is 49.4 Å². The van der Waals surface area contributed by atoms with Crippen LogP contribution in [0.1, 0.15) is 50.4 Å². The van der Waals surface area contributed by atoms with Crippen molar-refractivity contribution in [1.82, 2.24) is 4.90 Å². The zero-order chi connectivity index (χ0) is 19.4. The summed E-state index contributed by atoms with van der Waals surface area (Å²) in [6.45, 7) is 11.5. The topological polar surface area (TPSA) is 49.9 Å². The van der Waals surface area contributed by atoms with Gasteiger partial charge in [0.25, 0.3) is 0 Å². The number of rotatable bonds is 5. The monoisotopic (exact) mass is 372 g/mol. The molecule has 0 bridgehead atoms. The summed E-state index contributed by atoms with van der Waals surface area (Å²) in [5, 5.41) is 0. The minimum absolute atomic E-state index is 0.198. The van der Waals surface area contributed by atoms with Crippen LogP contribution in [-0.4, -0.2) is 56.0 Å². The molecule has 1 aromatic rings. The molecular weight excluding hydrogens is 340 g/mol. The van der Waals surface area contributed by atoms with Crippen LogP contribution in [0.4, 0.5) is 5.69 Å². The van der Waals surface area contributed by atoms with Crippen molar-refractivity contribution in [3.63, 3.8) is 0 Å². The van der Waals surface area contributed by atoms with Crippen LogP contribution in [0.3, 0.4) is 0 Å². The molecule has 0 spiro atoms. The minimum atomic E-state index is -0.269. The highest BCUT2D eigenvalue weighted by Crippen LogP contribution is 2.37. The van der Waals surface area contributed by atoms with Gasteiger partial charge in [-0.3, -0.25) is 9.69 Å². The van der Waals surface area contributed by atoms with Crippen LogP contribution in [0.25, 0.3) is 0 Å². The molecule has 2 aliphatic rings. The van der Waals surface area contributed by atoms with E-state index in [4.69, 9.17) is 4.74 Å². The fraction of sp³-hybridized carbons (Fsp3) is 0.636. The molecule has 5 nitrogen and oxygen atoms in total. The third-order valence-electron chi connectivity index (χ3n) is 5.90. The van der Waals surface area contributed by atoms with Crippen molar-refractivity contribution in [2.24, 2.45) is 11.3 Å². The Bertz CT molecular complexity index is 661. The number of ketones is 1. The average molecular weight is 373 g/mol. The first-order chi connectivity index (χ1) is 12.9. The number of carbonyl (C=O) groups excluding carboxylic acids is 2. The van der Waals surface area contributed by atoms with E-state index in [2.05, 4.69) is 23.6 Å². The van der Waals surface area contributed by atoms with E-state index in [-0.39, 0.29) is 11.9 Å². The molecule has 1 atom stereocenters. The smallest absolute Gasteiger partial charge is 0.338 e. The SMILES string of the molecule is CCOC(=O)c1ccc(N2CCN(CC3CC(C)(C)CCC3=O)CC2)cc1. The Morgan fingerprint density at radius 1 is 1.15 bits per heavy atom. The summed E-state index contributed by atoms with van der Waals surface area (Å²) in [6.07, 6.45) is 2.78. The van der Waals surface area contributed by atoms with E-state index >= 15 is 0 Å². The zero-order valence-electron chi connectivity index (χ0n) is 16.9. The number of Topliss-reactive ketones (excluding diaryl/α,β-unsaturated/α-hetero) is 1. The highest BCUT2D eigenvalue weighted by atomic mass is 16.5. The Hall–Kier alpha value is -1.88. The van der Waals surface area contributed by atoms with Gasteiger partial charge in [0.15, 0.2) is 0 Å². The molecule has 0 radical (unpaired) electrons. The molecule has 3 rings (SSSR count). The van der Waals surface area contributed by atoms with Crippen molar-refractivity contribution >= 4 is 17.4 Å². The maximum atomic E-state index is 12.3. The van der Waals surface area contributed by atoms with Crippen molar-refractivity contribution in [3.8, 4) is 0 Å². The Labute approximate surface area is 162 Å². The second-order valence-corrected chi connectivity index (χ2v) is 8.59. The summed E-state index contributed by atoms with van der Waals surface area (Å²) in [7, 11) is 0. The van der Waals surface area contributed by atoms with Crippen molar-refractivity contribution in [2.45, 2.75) is 40.0 Å². The van der Waals surface area contributed by atoms with Gasteiger partial charge in [-0.15, -0.1) is 0 Å². The summed E-state index contributed by atoms with van der Waals surface area (Å²) in [6, 6.07) is 7.66. The first kappa shape index (κ1) is 19.9. The van der Waals surface area contributed by atoms with E-state index in [1.807, 2.05) is 31.2 Å². The summed E-state index contributed by atoms with van der Waals surface area (Å²) < 4.78 is 5.04. The molecule has 148 valence electrons. The van der Waals surface area contributed by atoms with Gasteiger partial charge in [-0.2, -0.15) is 0 Å². The van der Waals surface area contributed by atoms with Crippen LogP contribution < -0.4 is 4.90 Å². The molecule has 1 unspecified atom stereocenters. The van der Waals surface area contributed by atoms with E-state index in [9.17, 15) is 9.59 Å². The lowest BCUT2D eigenvalue weighted by molar-refractivity contribution is -0.127. The number of piperazine rings is 1. The van der Waals surface area contributed by atoms with Crippen molar-refractivity contribution in [3.05, 3.63) is 29.8 Å². The number of anilines is 1. The summed E-state index contributed by atoms with van der Waals surface area (Å²) in [5.74, 6) is 0.379. The largest absolute Gasteiger partial charge is 0.462 e. The van der Waals surface area contributed by atoms with Crippen molar-refractivity contribution in [1.29, 1.82) is 0 Å². The Kier molecular flexibility index (Phi) is 6.20. The van der Waals surface area contributed by atoms with E-state index in [1.54, 1.807) is 0 Å². The fourth-order valence-electron chi connectivity index (χ4n) is 4.24. The molecular formula is C22H32N2O3. The third-order valence-corrected chi connectivity index (χ3v) is 5.90. The van der Waals surface area contributed by atoms with Crippen molar-refractivity contribution in [2.75, 3.05) is 44.2 Å². The van der Waals surface area contributed by atoms with Crippen LogP contribution in [0.15, 0.2) is 24.3 Å². The first-order valence-electron chi connectivity index (χ1n) is 10.2. The summed E-state index contributed by atoms with van der Waals surface area (Å²) >= 11 is 0. The Morgan fingerprint density at radius 2 is 1.81 bits per heavy atom. The molecule has 1 saturated heterocycles. The number of carbonyl (C=O) groups is 2. The third kappa shape index (κ3) is 5.10. The highest BCUT2D eigenvalue weighted by molar-refractivity contribution is 5.89. The van der Waals surface area contributed by atoms with Crippen LogP contribution >= 0.6 is 0 Å². The molecule has 2 fully saturated rings. The fourth-order valence-corrected chi connectivity index (χ4v) is 4.24. The lowest BCUT2D eigenvalue weighted by Gasteiger charge is -2.40. The predicted octanol–water partition coefficient (Wildman–Crippen LogP) is 3.38. The van der Waals surface area contributed by atoms with Gasteiger partial charge in [0.2, 0.25) is 0 Å². The minimum Gasteiger partial charge on any atom is -0.462 e. The lowest BCUT2D eigenvalue weighted by atomic mass is 9.71. The average Bonchev–Trinajstić information content (AvgIpc) is 2.66. The molecule has 5 heteroatoms. The quantitative estimate of drug-likeness (QED) is 0.742. The van der Waals surface area contributed by atoms with Gasteiger partial charge in [-0.25, -0.2) is 4.79 Å². The molecule has 27 heavy (non-hydrogen) atoms. The van der Waals surface area contributed by atoms with Gasteiger partial charge in [0.1, 0.15) is 5.78 Å². The second kappa shape index (κ2) is 8.42. The number of esters is 1. The number of hydrogen-bond donors (Lipinski definition) is 0. The molecule has 0 N–H and O–H groups in total. The highest BCUT2D eigenvalue weighted by Gasteiger charge is 2.34. The Morgan fingerprint density at radius 3 is 2.44 bits per heavy atom.